The van der Waals surface area contributed by atoms with Crippen molar-refractivity contribution in [3.63, 3.8) is 0 Å². The molecule has 2 fully saturated rings. The van der Waals surface area contributed by atoms with Crippen molar-refractivity contribution in [1.29, 1.82) is 0 Å². The maximum atomic E-state index is 13.0. The molecule has 0 aromatic heterocycles. The predicted molar refractivity (Wildman–Crippen MR) is 131 cm³/mol. The standard InChI is InChI=1S/C28H22N2O6/c31-27-25-18-3-4-19(15-18)26(25)28(32)29(27)20-5-11-22(12-6-20)35-16-17-1-9-23(10-2-17)36-24-13-7-21(8-14-24)30(33)34/h1-14,18-19,25-26H,15-16H2. The minimum absolute atomic E-state index is 0.00765. The number of anilines is 1. The van der Waals surface area contributed by atoms with Crippen molar-refractivity contribution in [3.8, 4) is 17.2 Å². The van der Waals surface area contributed by atoms with Gasteiger partial charge in [-0.25, -0.2) is 0 Å². The van der Waals surface area contributed by atoms with Gasteiger partial charge in [-0.05, 0) is 72.4 Å². The summed E-state index contributed by atoms with van der Waals surface area (Å²) in [4.78, 5) is 37.6. The van der Waals surface area contributed by atoms with E-state index in [0.29, 0.717) is 29.5 Å². The largest absolute Gasteiger partial charge is 0.489 e. The molecule has 2 bridgehead atoms. The molecule has 1 saturated heterocycles. The number of hydrogen-bond acceptors (Lipinski definition) is 6. The number of non-ortho nitro benzene ring substituents is 1. The third-order valence-corrected chi connectivity index (χ3v) is 7.18. The van der Waals surface area contributed by atoms with E-state index in [4.69, 9.17) is 9.47 Å². The second-order valence-electron chi connectivity index (χ2n) is 9.29. The van der Waals surface area contributed by atoms with Gasteiger partial charge in [-0.1, -0.05) is 24.3 Å². The van der Waals surface area contributed by atoms with Crippen LogP contribution in [0.25, 0.3) is 0 Å². The van der Waals surface area contributed by atoms with E-state index < -0.39 is 4.92 Å². The van der Waals surface area contributed by atoms with Crippen LogP contribution in [0.2, 0.25) is 0 Å². The van der Waals surface area contributed by atoms with E-state index in [-0.39, 0.29) is 41.2 Å². The molecule has 4 unspecified atom stereocenters. The fourth-order valence-electron chi connectivity index (χ4n) is 5.44. The SMILES string of the molecule is O=C1C2C3C=CC(C3)C2C(=O)N1c1ccc(OCc2ccc(Oc3ccc([N+](=O)[O-])cc3)cc2)cc1. The smallest absolute Gasteiger partial charge is 0.269 e. The highest BCUT2D eigenvalue weighted by molar-refractivity contribution is 6.22. The molecular formula is C28H22N2O6. The number of imide groups is 1. The number of ether oxygens (including phenoxy) is 2. The van der Waals surface area contributed by atoms with E-state index in [2.05, 4.69) is 12.2 Å². The van der Waals surface area contributed by atoms with Crippen LogP contribution in [0.5, 0.6) is 17.2 Å². The first-order valence-corrected chi connectivity index (χ1v) is 11.8. The van der Waals surface area contributed by atoms with Crippen LogP contribution in [0.3, 0.4) is 0 Å². The van der Waals surface area contributed by atoms with Crippen LogP contribution < -0.4 is 14.4 Å². The molecule has 36 heavy (non-hydrogen) atoms. The lowest BCUT2D eigenvalue weighted by molar-refractivity contribution is -0.384. The van der Waals surface area contributed by atoms with Gasteiger partial charge in [0.25, 0.3) is 5.69 Å². The second kappa shape index (κ2) is 8.64. The number of allylic oxidation sites excluding steroid dienone is 2. The summed E-state index contributed by atoms with van der Waals surface area (Å²) in [5.41, 5.74) is 1.52. The van der Waals surface area contributed by atoms with Crippen LogP contribution in [-0.2, 0) is 16.2 Å². The van der Waals surface area contributed by atoms with E-state index >= 15 is 0 Å². The Kier molecular flexibility index (Phi) is 5.29. The number of nitro groups is 1. The minimum Gasteiger partial charge on any atom is -0.489 e. The van der Waals surface area contributed by atoms with Crippen LogP contribution in [0.4, 0.5) is 11.4 Å². The molecule has 2 aliphatic carbocycles. The number of carbonyl (C=O) groups is 2. The Balaban J connectivity index is 1.05. The first-order valence-electron chi connectivity index (χ1n) is 11.8. The minimum atomic E-state index is -0.455. The molecule has 0 N–H and O–H groups in total. The van der Waals surface area contributed by atoms with Crippen molar-refractivity contribution >= 4 is 23.2 Å². The van der Waals surface area contributed by atoms with Crippen molar-refractivity contribution in [3.05, 3.63) is 101 Å². The van der Waals surface area contributed by atoms with E-state index in [1.807, 2.05) is 12.1 Å². The highest BCUT2D eigenvalue weighted by Gasteiger charge is 2.59. The number of nitro benzene ring substituents is 1. The Hall–Kier alpha value is -4.46. The van der Waals surface area contributed by atoms with Gasteiger partial charge in [-0.3, -0.25) is 24.6 Å². The molecule has 180 valence electrons. The first-order chi connectivity index (χ1) is 17.5. The predicted octanol–water partition coefficient (Wildman–Crippen LogP) is 5.28. The molecule has 3 aromatic rings. The Morgan fingerprint density at radius 3 is 1.86 bits per heavy atom. The molecule has 1 aliphatic heterocycles. The summed E-state index contributed by atoms with van der Waals surface area (Å²) < 4.78 is 11.6. The van der Waals surface area contributed by atoms with Crippen LogP contribution in [0, 0.1) is 33.8 Å². The number of hydrogen-bond donors (Lipinski definition) is 0. The van der Waals surface area contributed by atoms with Crippen LogP contribution in [0.1, 0.15) is 12.0 Å². The average molecular weight is 482 g/mol. The van der Waals surface area contributed by atoms with Gasteiger partial charge in [0.2, 0.25) is 11.8 Å². The zero-order valence-corrected chi connectivity index (χ0v) is 19.2. The average Bonchev–Trinajstić information content (AvgIpc) is 3.58. The third kappa shape index (κ3) is 3.80. The molecule has 4 atom stereocenters. The maximum absolute atomic E-state index is 13.0. The molecule has 8 heteroatoms. The molecule has 1 heterocycles. The molecule has 2 amide bonds. The van der Waals surface area contributed by atoms with Gasteiger partial charge in [0, 0.05) is 12.1 Å². The molecule has 6 rings (SSSR count). The quantitative estimate of drug-likeness (QED) is 0.197. The number of carbonyl (C=O) groups excluding carboxylic acids is 2. The molecule has 1 saturated carbocycles. The molecule has 3 aromatic carbocycles. The third-order valence-electron chi connectivity index (χ3n) is 7.18. The zero-order chi connectivity index (χ0) is 24.8. The highest BCUT2D eigenvalue weighted by Crippen LogP contribution is 2.53. The molecule has 3 aliphatic rings. The lowest BCUT2D eigenvalue weighted by Gasteiger charge is -2.17. The number of fused-ring (bicyclic) bond motifs is 5. The Labute approximate surface area is 206 Å². The monoisotopic (exact) mass is 482 g/mol. The highest BCUT2D eigenvalue weighted by atomic mass is 16.6. The van der Waals surface area contributed by atoms with E-state index in [1.54, 1.807) is 48.5 Å². The number of nitrogens with zero attached hydrogens (tertiary/aromatic N) is 2. The number of amides is 2. The lowest BCUT2D eigenvalue weighted by atomic mass is 9.85. The normalized spacial score (nSPS) is 23.7. The van der Waals surface area contributed by atoms with Crippen LogP contribution in [-0.4, -0.2) is 16.7 Å². The second-order valence-corrected chi connectivity index (χ2v) is 9.29. The van der Waals surface area contributed by atoms with Gasteiger partial charge in [-0.2, -0.15) is 0 Å². The molecule has 0 radical (unpaired) electrons. The van der Waals surface area contributed by atoms with Crippen molar-refractivity contribution in [2.24, 2.45) is 23.7 Å². The number of benzene rings is 3. The summed E-state index contributed by atoms with van der Waals surface area (Å²) >= 11 is 0. The van der Waals surface area contributed by atoms with E-state index in [1.165, 1.54) is 17.0 Å². The molecule has 8 nitrogen and oxygen atoms in total. The lowest BCUT2D eigenvalue weighted by Crippen LogP contribution is -2.32. The molecular weight excluding hydrogens is 460 g/mol. The fraction of sp³-hybridized carbons (Fsp3) is 0.214. The Morgan fingerprint density at radius 1 is 0.778 bits per heavy atom. The summed E-state index contributed by atoms with van der Waals surface area (Å²) in [5, 5.41) is 10.8. The van der Waals surface area contributed by atoms with Crippen LogP contribution in [0.15, 0.2) is 84.9 Å². The van der Waals surface area contributed by atoms with Gasteiger partial charge in [0.05, 0.1) is 22.4 Å². The molecule has 0 spiro atoms. The topological polar surface area (TPSA) is 99.0 Å². The summed E-state index contributed by atoms with van der Waals surface area (Å²) in [6.45, 7) is 0.331. The van der Waals surface area contributed by atoms with Crippen molar-refractivity contribution in [2.45, 2.75) is 13.0 Å². The summed E-state index contributed by atoms with van der Waals surface area (Å²) in [6, 6.07) is 20.3. The van der Waals surface area contributed by atoms with Gasteiger partial charge in [0.1, 0.15) is 23.9 Å². The van der Waals surface area contributed by atoms with E-state index in [9.17, 15) is 19.7 Å². The summed E-state index contributed by atoms with van der Waals surface area (Å²) in [7, 11) is 0. The van der Waals surface area contributed by atoms with Gasteiger partial charge < -0.3 is 9.47 Å². The van der Waals surface area contributed by atoms with Crippen molar-refractivity contribution in [2.75, 3.05) is 4.90 Å². The van der Waals surface area contributed by atoms with E-state index in [0.717, 1.165) is 12.0 Å². The van der Waals surface area contributed by atoms with Crippen molar-refractivity contribution < 1.29 is 24.0 Å². The fourth-order valence-corrected chi connectivity index (χ4v) is 5.44. The van der Waals surface area contributed by atoms with Crippen LogP contribution >= 0.6 is 0 Å². The summed E-state index contributed by atoms with van der Waals surface area (Å²) in [5.74, 6) is 1.51. The number of rotatable bonds is 7. The Bertz CT molecular complexity index is 1330. The van der Waals surface area contributed by atoms with Crippen molar-refractivity contribution in [1.82, 2.24) is 0 Å². The van der Waals surface area contributed by atoms with Gasteiger partial charge >= 0.3 is 0 Å². The first kappa shape index (κ1) is 22.0. The van der Waals surface area contributed by atoms with Gasteiger partial charge in [0.15, 0.2) is 0 Å². The maximum Gasteiger partial charge on any atom is 0.269 e. The Morgan fingerprint density at radius 2 is 1.31 bits per heavy atom. The zero-order valence-electron chi connectivity index (χ0n) is 19.2. The van der Waals surface area contributed by atoms with Gasteiger partial charge in [-0.15, -0.1) is 0 Å². The summed E-state index contributed by atoms with van der Waals surface area (Å²) in [6.07, 6.45) is 5.09.